The van der Waals surface area contributed by atoms with Crippen LogP contribution in [-0.4, -0.2) is 48.6 Å². The molecule has 0 aliphatic carbocycles. The van der Waals surface area contributed by atoms with Crippen LogP contribution in [0.1, 0.15) is 12.2 Å². The van der Waals surface area contributed by atoms with E-state index < -0.39 is 0 Å². The Balaban J connectivity index is 1.83. The Morgan fingerprint density at radius 3 is 3.12 bits per heavy atom. The topological polar surface area (TPSA) is 53.1 Å². The summed E-state index contributed by atoms with van der Waals surface area (Å²) in [6.45, 7) is 4.10. The van der Waals surface area contributed by atoms with Gasteiger partial charge in [0.25, 0.3) is 0 Å². The summed E-state index contributed by atoms with van der Waals surface area (Å²) in [5.74, 6) is 2.50. The molecule has 2 heterocycles. The Bertz CT molecular complexity index is 355. The number of anilines is 1. The summed E-state index contributed by atoms with van der Waals surface area (Å²) in [6, 6.07) is 1.93. The van der Waals surface area contributed by atoms with Crippen molar-refractivity contribution in [3.8, 4) is 0 Å². The van der Waals surface area contributed by atoms with E-state index in [1.807, 2.05) is 19.3 Å². The molecule has 0 saturated carbocycles. The molecule has 5 heteroatoms. The zero-order chi connectivity index (χ0) is 12.1. The van der Waals surface area contributed by atoms with Gasteiger partial charge in [-0.2, -0.15) is 0 Å². The number of rotatable bonds is 5. The summed E-state index contributed by atoms with van der Waals surface area (Å²) in [5.41, 5.74) is 0. The van der Waals surface area contributed by atoms with Crippen LogP contribution < -0.4 is 10.6 Å². The summed E-state index contributed by atoms with van der Waals surface area (Å²) >= 11 is 0. The third-order valence-corrected chi connectivity index (χ3v) is 3.10. The lowest BCUT2D eigenvalue weighted by atomic mass is 10.1. The van der Waals surface area contributed by atoms with Crippen LogP contribution >= 0.6 is 0 Å². The van der Waals surface area contributed by atoms with Gasteiger partial charge in [0.1, 0.15) is 11.6 Å². The van der Waals surface area contributed by atoms with Gasteiger partial charge in [-0.25, -0.2) is 9.97 Å². The zero-order valence-corrected chi connectivity index (χ0v) is 10.6. The summed E-state index contributed by atoms with van der Waals surface area (Å²) < 4.78 is 0. The molecule has 0 aromatic carbocycles. The van der Waals surface area contributed by atoms with Crippen molar-refractivity contribution in [3.63, 3.8) is 0 Å². The molecular weight excluding hydrogens is 214 g/mol. The van der Waals surface area contributed by atoms with Crippen LogP contribution in [0.4, 0.5) is 5.82 Å². The first kappa shape index (κ1) is 12.3. The Labute approximate surface area is 103 Å². The molecule has 2 N–H and O–H groups in total. The molecule has 0 amide bonds. The molecule has 94 valence electrons. The molecule has 0 bridgehead atoms. The van der Waals surface area contributed by atoms with Crippen LogP contribution in [0.3, 0.4) is 0 Å². The van der Waals surface area contributed by atoms with Crippen LogP contribution in [-0.2, 0) is 6.54 Å². The monoisotopic (exact) mass is 235 g/mol. The molecule has 1 aromatic heterocycles. The van der Waals surface area contributed by atoms with Gasteiger partial charge in [-0.05, 0) is 39.0 Å². The van der Waals surface area contributed by atoms with E-state index in [4.69, 9.17) is 0 Å². The van der Waals surface area contributed by atoms with E-state index in [1.54, 1.807) is 0 Å². The SMILES string of the molecule is CNCc1nccc(NCC2CCN(C)C2)n1. The number of likely N-dealkylation sites (tertiary alicyclic amines) is 1. The zero-order valence-electron chi connectivity index (χ0n) is 10.6. The van der Waals surface area contributed by atoms with Crippen molar-refractivity contribution in [2.24, 2.45) is 5.92 Å². The van der Waals surface area contributed by atoms with Gasteiger partial charge in [0, 0.05) is 19.3 Å². The normalized spacial score (nSPS) is 20.7. The number of nitrogens with zero attached hydrogens (tertiary/aromatic N) is 3. The number of hydrogen-bond donors (Lipinski definition) is 2. The van der Waals surface area contributed by atoms with Crippen molar-refractivity contribution in [2.45, 2.75) is 13.0 Å². The maximum absolute atomic E-state index is 4.44. The van der Waals surface area contributed by atoms with Crippen LogP contribution in [0.2, 0.25) is 0 Å². The summed E-state index contributed by atoms with van der Waals surface area (Å²) in [4.78, 5) is 11.0. The third-order valence-electron chi connectivity index (χ3n) is 3.10. The van der Waals surface area contributed by atoms with Crippen LogP contribution in [0.25, 0.3) is 0 Å². The van der Waals surface area contributed by atoms with Crippen molar-refractivity contribution in [2.75, 3.05) is 39.0 Å². The van der Waals surface area contributed by atoms with E-state index in [1.165, 1.54) is 19.5 Å². The second kappa shape index (κ2) is 5.93. The molecule has 1 aliphatic heterocycles. The molecule has 1 saturated heterocycles. The Morgan fingerprint density at radius 1 is 1.53 bits per heavy atom. The van der Waals surface area contributed by atoms with Gasteiger partial charge >= 0.3 is 0 Å². The molecule has 1 fully saturated rings. The van der Waals surface area contributed by atoms with Crippen molar-refractivity contribution in [3.05, 3.63) is 18.1 Å². The van der Waals surface area contributed by atoms with Crippen LogP contribution in [0.5, 0.6) is 0 Å². The molecule has 1 atom stereocenters. The maximum atomic E-state index is 4.44. The van der Waals surface area contributed by atoms with Gasteiger partial charge in [-0.3, -0.25) is 0 Å². The quantitative estimate of drug-likeness (QED) is 0.781. The minimum atomic E-state index is 0.710. The number of hydrogen-bond acceptors (Lipinski definition) is 5. The van der Waals surface area contributed by atoms with E-state index in [2.05, 4.69) is 32.5 Å². The smallest absolute Gasteiger partial charge is 0.144 e. The maximum Gasteiger partial charge on any atom is 0.144 e. The van der Waals surface area contributed by atoms with Gasteiger partial charge in [0.15, 0.2) is 0 Å². The molecule has 1 unspecified atom stereocenters. The minimum Gasteiger partial charge on any atom is -0.370 e. The van der Waals surface area contributed by atoms with E-state index in [0.29, 0.717) is 6.54 Å². The average molecular weight is 235 g/mol. The van der Waals surface area contributed by atoms with Gasteiger partial charge < -0.3 is 15.5 Å². The number of aromatic nitrogens is 2. The van der Waals surface area contributed by atoms with Crippen molar-refractivity contribution >= 4 is 5.82 Å². The van der Waals surface area contributed by atoms with Gasteiger partial charge in [0.2, 0.25) is 0 Å². The summed E-state index contributed by atoms with van der Waals surface area (Å²) in [5, 5.41) is 6.46. The molecule has 1 aromatic rings. The Kier molecular flexibility index (Phi) is 4.28. The van der Waals surface area contributed by atoms with Crippen molar-refractivity contribution in [1.29, 1.82) is 0 Å². The highest BCUT2D eigenvalue weighted by molar-refractivity contribution is 5.32. The van der Waals surface area contributed by atoms with Crippen LogP contribution in [0.15, 0.2) is 12.3 Å². The molecule has 0 radical (unpaired) electrons. The Morgan fingerprint density at radius 2 is 2.41 bits per heavy atom. The first-order valence-electron chi connectivity index (χ1n) is 6.17. The highest BCUT2D eigenvalue weighted by atomic mass is 15.1. The van der Waals surface area contributed by atoms with Crippen LogP contribution in [0, 0.1) is 5.92 Å². The molecule has 17 heavy (non-hydrogen) atoms. The van der Waals surface area contributed by atoms with E-state index in [-0.39, 0.29) is 0 Å². The average Bonchev–Trinajstić information content (AvgIpc) is 2.74. The fraction of sp³-hybridized carbons (Fsp3) is 0.667. The second-order valence-corrected chi connectivity index (χ2v) is 4.69. The second-order valence-electron chi connectivity index (χ2n) is 4.69. The molecular formula is C12H21N5. The van der Waals surface area contributed by atoms with Crippen molar-refractivity contribution < 1.29 is 0 Å². The van der Waals surface area contributed by atoms with E-state index >= 15 is 0 Å². The summed E-state index contributed by atoms with van der Waals surface area (Å²) in [7, 11) is 4.08. The molecule has 1 aliphatic rings. The highest BCUT2D eigenvalue weighted by Crippen LogP contribution is 2.14. The number of nitrogens with one attached hydrogen (secondary N) is 2. The van der Waals surface area contributed by atoms with Crippen molar-refractivity contribution in [1.82, 2.24) is 20.2 Å². The first-order chi connectivity index (χ1) is 8.28. The van der Waals surface area contributed by atoms with Gasteiger partial charge in [-0.15, -0.1) is 0 Å². The van der Waals surface area contributed by atoms with E-state index in [9.17, 15) is 0 Å². The van der Waals surface area contributed by atoms with E-state index in [0.717, 1.165) is 24.1 Å². The lowest BCUT2D eigenvalue weighted by Gasteiger charge is -2.12. The standard InChI is InChI=1S/C12H21N5/c1-13-8-12-14-5-3-11(16-12)15-7-10-4-6-17(2)9-10/h3,5,10,13H,4,6-9H2,1-2H3,(H,14,15,16). The first-order valence-corrected chi connectivity index (χ1v) is 6.17. The van der Waals surface area contributed by atoms with Gasteiger partial charge in [-0.1, -0.05) is 0 Å². The molecule has 5 nitrogen and oxygen atoms in total. The molecule has 2 rings (SSSR count). The predicted molar refractivity (Wildman–Crippen MR) is 68.9 cm³/mol. The minimum absolute atomic E-state index is 0.710. The largest absolute Gasteiger partial charge is 0.370 e. The fourth-order valence-electron chi connectivity index (χ4n) is 2.18. The third kappa shape index (κ3) is 3.64. The lowest BCUT2D eigenvalue weighted by Crippen LogP contribution is -2.20. The van der Waals surface area contributed by atoms with Gasteiger partial charge in [0.05, 0.1) is 6.54 Å². The lowest BCUT2D eigenvalue weighted by molar-refractivity contribution is 0.399. The Hall–Kier alpha value is -1.20. The summed E-state index contributed by atoms with van der Waals surface area (Å²) in [6.07, 6.45) is 3.08. The molecule has 0 spiro atoms. The highest BCUT2D eigenvalue weighted by Gasteiger charge is 2.18. The fourth-order valence-corrected chi connectivity index (χ4v) is 2.18. The predicted octanol–water partition coefficient (Wildman–Crippen LogP) is 0.560.